The number of rotatable bonds is 4. The number of hydrogen-bond acceptors (Lipinski definition) is 2. The molecule has 4 aromatic rings. The molecule has 0 radical (unpaired) electrons. The highest BCUT2D eigenvalue weighted by molar-refractivity contribution is 6.07. The second kappa shape index (κ2) is 7.30. The van der Waals surface area contributed by atoms with Gasteiger partial charge in [-0.2, -0.15) is 5.10 Å². The van der Waals surface area contributed by atoms with Crippen molar-refractivity contribution in [2.75, 3.05) is 5.32 Å². The largest absolute Gasteiger partial charge is 0.321 e. The van der Waals surface area contributed by atoms with Crippen LogP contribution in [0.1, 0.15) is 15.9 Å². The second-order valence-corrected chi connectivity index (χ2v) is 6.32. The van der Waals surface area contributed by atoms with Crippen LogP contribution in [0.15, 0.2) is 91.3 Å². The molecular weight excluding hydrogens is 334 g/mol. The highest BCUT2D eigenvalue weighted by Crippen LogP contribution is 2.28. The van der Waals surface area contributed by atoms with Gasteiger partial charge in [0.05, 0.1) is 11.9 Å². The van der Waals surface area contributed by atoms with E-state index < -0.39 is 0 Å². The van der Waals surface area contributed by atoms with Crippen LogP contribution in [0.5, 0.6) is 0 Å². The summed E-state index contributed by atoms with van der Waals surface area (Å²) in [5, 5.41) is 7.50. The Bertz CT molecular complexity index is 1080. The van der Waals surface area contributed by atoms with Gasteiger partial charge >= 0.3 is 0 Å². The highest BCUT2D eigenvalue weighted by atomic mass is 16.1. The molecule has 0 unspecified atom stereocenters. The Labute approximate surface area is 158 Å². The third kappa shape index (κ3) is 3.51. The summed E-state index contributed by atoms with van der Waals surface area (Å²) in [6.45, 7) is 1.94. The van der Waals surface area contributed by atoms with Gasteiger partial charge in [0.15, 0.2) is 0 Å². The number of hydrogen-bond donors (Lipinski definition) is 1. The predicted octanol–water partition coefficient (Wildman–Crippen LogP) is 5.10. The average molecular weight is 353 g/mol. The summed E-state index contributed by atoms with van der Waals surface area (Å²) in [6.07, 6.45) is 3.78. The molecule has 3 aromatic carbocycles. The van der Waals surface area contributed by atoms with Crippen LogP contribution < -0.4 is 5.32 Å². The maximum absolute atomic E-state index is 12.7. The molecule has 0 atom stereocenters. The number of amides is 1. The minimum absolute atomic E-state index is 0.115. The first-order valence-corrected chi connectivity index (χ1v) is 8.79. The highest BCUT2D eigenvalue weighted by Gasteiger charge is 2.13. The first-order valence-electron chi connectivity index (χ1n) is 8.79. The van der Waals surface area contributed by atoms with E-state index >= 15 is 0 Å². The van der Waals surface area contributed by atoms with Crippen molar-refractivity contribution in [1.29, 1.82) is 0 Å². The molecule has 0 saturated carbocycles. The summed E-state index contributed by atoms with van der Waals surface area (Å²) >= 11 is 0. The Kier molecular flexibility index (Phi) is 4.54. The molecule has 4 rings (SSSR count). The van der Waals surface area contributed by atoms with Gasteiger partial charge in [0.25, 0.3) is 5.91 Å². The van der Waals surface area contributed by atoms with Crippen molar-refractivity contribution >= 4 is 11.6 Å². The summed E-state index contributed by atoms with van der Waals surface area (Å²) in [5.74, 6) is -0.115. The fraction of sp³-hybridized carbons (Fsp3) is 0.0435. The summed E-state index contributed by atoms with van der Waals surface area (Å²) in [6, 6.07) is 25.3. The van der Waals surface area contributed by atoms with E-state index in [0.29, 0.717) is 5.56 Å². The van der Waals surface area contributed by atoms with E-state index in [4.69, 9.17) is 0 Å². The zero-order chi connectivity index (χ0) is 18.6. The van der Waals surface area contributed by atoms with Gasteiger partial charge in [0.2, 0.25) is 0 Å². The molecule has 0 aliphatic heterocycles. The van der Waals surface area contributed by atoms with Crippen LogP contribution >= 0.6 is 0 Å². The Morgan fingerprint density at radius 3 is 2.41 bits per heavy atom. The molecule has 4 heteroatoms. The number of aromatic nitrogens is 2. The van der Waals surface area contributed by atoms with E-state index in [9.17, 15) is 4.79 Å². The van der Waals surface area contributed by atoms with Gasteiger partial charge in [-0.15, -0.1) is 0 Å². The fourth-order valence-corrected chi connectivity index (χ4v) is 3.04. The molecule has 0 fully saturated rings. The summed E-state index contributed by atoms with van der Waals surface area (Å²) in [4.78, 5) is 12.7. The monoisotopic (exact) mass is 353 g/mol. The Morgan fingerprint density at radius 2 is 1.59 bits per heavy atom. The number of anilines is 1. The van der Waals surface area contributed by atoms with E-state index in [0.717, 1.165) is 28.1 Å². The first kappa shape index (κ1) is 16.8. The van der Waals surface area contributed by atoms with Crippen molar-refractivity contribution in [2.24, 2.45) is 0 Å². The maximum atomic E-state index is 12.7. The van der Waals surface area contributed by atoms with Gasteiger partial charge in [-0.25, -0.2) is 4.68 Å². The van der Waals surface area contributed by atoms with Crippen molar-refractivity contribution in [2.45, 2.75) is 6.92 Å². The van der Waals surface area contributed by atoms with Gasteiger partial charge in [-0.3, -0.25) is 4.79 Å². The molecule has 1 N–H and O–H groups in total. The predicted molar refractivity (Wildman–Crippen MR) is 108 cm³/mol. The number of carbonyl (C=O) groups is 1. The van der Waals surface area contributed by atoms with Crippen LogP contribution in [-0.4, -0.2) is 15.7 Å². The lowest BCUT2D eigenvalue weighted by molar-refractivity contribution is 0.102. The fourth-order valence-electron chi connectivity index (χ4n) is 3.04. The van der Waals surface area contributed by atoms with Crippen LogP contribution in [0, 0.1) is 6.92 Å². The number of para-hydroxylation sites is 2. The van der Waals surface area contributed by atoms with Crippen molar-refractivity contribution in [3.8, 4) is 16.8 Å². The van der Waals surface area contributed by atoms with Gasteiger partial charge in [0.1, 0.15) is 0 Å². The van der Waals surface area contributed by atoms with Gasteiger partial charge in [0, 0.05) is 28.6 Å². The minimum Gasteiger partial charge on any atom is -0.321 e. The van der Waals surface area contributed by atoms with Crippen molar-refractivity contribution in [3.05, 3.63) is 102 Å². The number of carbonyl (C=O) groups excluding carboxylic acids is 1. The smallest absolute Gasteiger partial charge is 0.255 e. The molecule has 132 valence electrons. The molecule has 1 amide bonds. The molecule has 0 spiro atoms. The lowest BCUT2D eigenvalue weighted by Crippen LogP contribution is -2.13. The lowest BCUT2D eigenvalue weighted by atomic mass is 10.1. The third-order valence-electron chi connectivity index (χ3n) is 4.48. The molecule has 0 aliphatic rings. The van der Waals surface area contributed by atoms with Crippen LogP contribution in [0.2, 0.25) is 0 Å². The van der Waals surface area contributed by atoms with Gasteiger partial charge < -0.3 is 5.32 Å². The van der Waals surface area contributed by atoms with E-state index in [1.54, 1.807) is 0 Å². The minimum atomic E-state index is -0.115. The average Bonchev–Trinajstić information content (AvgIpc) is 3.19. The summed E-state index contributed by atoms with van der Waals surface area (Å²) in [5.41, 5.74) is 5.25. The summed E-state index contributed by atoms with van der Waals surface area (Å²) < 4.78 is 1.83. The van der Waals surface area contributed by atoms with E-state index in [1.807, 2.05) is 103 Å². The second-order valence-electron chi connectivity index (χ2n) is 6.32. The number of nitrogens with one attached hydrogen (secondary N) is 1. The lowest BCUT2D eigenvalue weighted by Gasteiger charge is -2.11. The number of nitrogens with zero attached hydrogens (tertiary/aromatic N) is 2. The molecule has 27 heavy (non-hydrogen) atoms. The molecule has 4 nitrogen and oxygen atoms in total. The van der Waals surface area contributed by atoms with Crippen LogP contribution in [0.25, 0.3) is 16.8 Å². The maximum Gasteiger partial charge on any atom is 0.255 e. The van der Waals surface area contributed by atoms with Crippen molar-refractivity contribution in [3.63, 3.8) is 0 Å². The molecular formula is C23H19N3O. The molecule has 1 aromatic heterocycles. The normalized spacial score (nSPS) is 10.6. The first-order chi connectivity index (χ1) is 13.2. The molecule has 0 aliphatic carbocycles. The van der Waals surface area contributed by atoms with E-state index in [-0.39, 0.29) is 5.91 Å². The van der Waals surface area contributed by atoms with E-state index in [2.05, 4.69) is 10.4 Å². The zero-order valence-corrected chi connectivity index (χ0v) is 15.0. The number of benzene rings is 3. The molecule has 1 heterocycles. The SMILES string of the molecule is Cc1ccccc1C(=O)Nc1ccccc1-c1cnn(-c2ccccc2)c1. The molecule has 0 bridgehead atoms. The van der Waals surface area contributed by atoms with E-state index in [1.165, 1.54) is 0 Å². The Morgan fingerprint density at radius 1 is 0.889 bits per heavy atom. The third-order valence-corrected chi connectivity index (χ3v) is 4.48. The van der Waals surface area contributed by atoms with Crippen LogP contribution in [0.3, 0.4) is 0 Å². The van der Waals surface area contributed by atoms with Gasteiger partial charge in [-0.05, 0) is 36.8 Å². The standard InChI is InChI=1S/C23H19N3O/c1-17-9-5-6-12-20(17)23(27)25-22-14-8-7-13-21(22)18-15-24-26(16-18)19-10-3-2-4-11-19/h2-16H,1H3,(H,25,27). The van der Waals surface area contributed by atoms with Crippen LogP contribution in [0.4, 0.5) is 5.69 Å². The topological polar surface area (TPSA) is 46.9 Å². The van der Waals surface area contributed by atoms with Gasteiger partial charge in [-0.1, -0.05) is 54.6 Å². The van der Waals surface area contributed by atoms with Crippen molar-refractivity contribution < 1.29 is 4.79 Å². The molecule has 0 saturated heterocycles. The summed E-state index contributed by atoms with van der Waals surface area (Å²) in [7, 11) is 0. The van der Waals surface area contributed by atoms with Crippen molar-refractivity contribution in [1.82, 2.24) is 9.78 Å². The number of aryl methyl sites for hydroxylation is 1. The Hall–Kier alpha value is -3.66. The Balaban J connectivity index is 1.65. The quantitative estimate of drug-likeness (QED) is 0.555. The zero-order valence-electron chi connectivity index (χ0n) is 15.0. The van der Waals surface area contributed by atoms with Crippen LogP contribution in [-0.2, 0) is 0 Å².